The summed E-state index contributed by atoms with van der Waals surface area (Å²) in [6.07, 6.45) is 1.08. The van der Waals surface area contributed by atoms with Gasteiger partial charge in [0, 0.05) is 24.8 Å². The first-order valence-corrected chi connectivity index (χ1v) is 7.01. The molecule has 2 N–H and O–H groups in total. The molecule has 2 aromatic rings. The molecule has 0 aliphatic rings. The number of benzene rings is 2. The number of nitro benzene ring substituents is 1. The molecule has 0 amide bonds. The maximum Gasteiger partial charge on any atom is 0.292 e. The van der Waals surface area contributed by atoms with Gasteiger partial charge in [0.05, 0.1) is 4.92 Å². The maximum atomic E-state index is 10.9. The number of rotatable bonds is 7. The predicted octanol–water partition coefficient (Wildman–Crippen LogP) is 4.03. The van der Waals surface area contributed by atoms with Crippen LogP contribution in [0.4, 0.5) is 17.1 Å². The Morgan fingerprint density at radius 3 is 2.43 bits per heavy atom. The van der Waals surface area contributed by atoms with Crippen molar-refractivity contribution in [1.29, 1.82) is 0 Å². The van der Waals surface area contributed by atoms with Crippen LogP contribution in [0.1, 0.15) is 18.9 Å². The molecular formula is C16H19N3O2. The molecule has 2 rings (SSSR count). The molecule has 0 fully saturated rings. The van der Waals surface area contributed by atoms with Crippen LogP contribution in [0.25, 0.3) is 0 Å². The van der Waals surface area contributed by atoms with Crippen molar-refractivity contribution < 1.29 is 4.92 Å². The van der Waals surface area contributed by atoms with Gasteiger partial charge in [0.25, 0.3) is 5.69 Å². The largest absolute Gasteiger partial charge is 0.385 e. The molecule has 0 unspecified atom stereocenters. The van der Waals surface area contributed by atoms with Gasteiger partial charge in [-0.1, -0.05) is 31.2 Å². The van der Waals surface area contributed by atoms with Gasteiger partial charge in [0.1, 0.15) is 5.69 Å². The summed E-state index contributed by atoms with van der Waals surface area (Å²) in [5.74, 6) is 0. The van der Waals surface area contributed by atoms with Crippen molar-refractivity contribution in [2.24, 2.45) is 0 Å². The van der Waals surface area contributed by atoms with E-state index >= 15 is 0 Å². The Hall–Kier alpha value is -2.56. The van der Waals surface area contributed by atoms with Crippen LogP contribution in [-0.2, 0) is 6.54 Å². The van der Waals surface area contributed by atoms with Crippen LogP contribution in [0.3, 0.4) is 0 Å². The zero-order valence-corrected chi connectivity index (χ0v) is 12.0. The molecule has 0 aliphatic carbocycles. The van der Waals surface area contributed by atoms with Crippen LogP contribution in [0.15, 0.2) is 48.5 Å². The standard InChI is InChI=1S/C16H19N3O2/c1-2-11-17-14-9-7-13(8-10-14)12-18-15-5-3-4-6-16(15)19(20)21/h3-10,17-18H,2,11-12H2,1H3. The van der Waals surface area contributed by atoms with E-state index in [0.717, 1.165) is 24.2 Å². The molecule has 0 saturated carbocycles. The lowest BCUT2D eigenvalue weighted by Gasteiger charge is -2.09. The number of hydrogen-bond donors (Lipinski definition) is 2. The van der Waals surface area contributed by atoms with Crippen LogP contribution in [0.5, 0.6) is 0 Å². The van der Waals surface area contributed by atoms with Gasteiger partial charge in [0.2, 0.25) is 0 Å². The van der Waals surface area contributed by atoms with Crippen LogP contribution in [0, 0.1) is 10.1 Å². The van der Waals surface area contributed by atoms with E-state index in [2.05, 4.69) is 17.6 Å². The Labute approximate surface area is 124 Å². The van der Waals surface area contributed by atoms with E-state index in [1.54, 1.807) is 18.2 Å². The molecule has 5 heteroatoms. The van der Waals surface area contributed by atoms with Crippen LogP contribution in [-0.4, -0.2) is 11.5 Å². The summed E-state index contributed by atoms with van der Waals surface area (Å²) in [5, 5.41) is 17.4. The summed E-state index contributed by atoms with van der Waals surface area (Å²) in [5.41, 5.74) is 2.80. The summed E-state index contributed by atoms with van der Waals surface area (Å²) in [7, 11) is 0. The third kappa shape index (κ3) is 4.21. The lowest BCUT2D eigenvalue weighted by Crippen LogP contribution is -2.03. The van der Waals surface area contributed by atoms with Gasteiger partial charge in [0.15, 0.2) is 0 Å². The molecule has 0 saturated heterocycles. The molecule has 21 heavy (non-hydrogen) atoms. The number of anilines is 2. The van der Waals surface area contributed by atoms with Gasteiger partial charge in [-0.15, -0.1) is 0 Å². The average Bonchev–Trinajstić information content (AvgIpc) is 2.52. The first kappa shape index (κ1) is 14.8. The van der Waals surface area contributed by atoms with Gasteiger partial charge < -0.3 is 10.6 Å². The highest BCUT2D eigenvalue weighted by atomic mass is 16.6. The minimum absolute atomic E-state index is 0.0960. The van der Waals surface area contributed by atoms with E-state index < -0.39 is 0 Å². The van der Waals surface area contributed by atoms with Gasteiger partial charge in [-0.2, -0.15) is 0 Å². The number of nitro groups is 1. The summed E-state index contributed by atoms with van der Waals surface area (Å²) >= 11 is 0. The minimum Gasteiger partial charge on any atom is -0.385 e. The number of para-hydroxylation sites is 2. The Morgan fingerprint density at radius 1 is 1.05 bits per heavy atom. The zero-order valence-electron chi connectivity index (χ0n) is 12.0. The van der Waals surface area contributed by atoms with Crippen LogP contribution >= 0.6 is 0 Å². The number of nitrogens with one attached hydrogen (secondary N) is 2. The molecule has 0 aliphatic heterocycles. The van der Waals surface area contributed by atoms with E-state index in [0.29, 0.717) is 12.2 Å². The third-order valence-electron chi connectivity index (χ3n) is 3.12. The average molecular weight is 285 g/mol. The topological polar surface area (TPSA) is 67.2 Å². The molecule has 2 aromatic carbocycles. The molecule has 5 nitrogen and oxygen atoms in total. The molecular weight excluding hydrogens is 266 g/mol. The third-order valence-corrected chi connectivity index (χ3v) is 3.12. The highest BCUT2D eigenvalue weighted by Gasteiger charge is 2.11. The first-order chi connectivity index (χ1) is 10.2. The Balaban J connectivity index is 1.98. The Kier molecular flexibility index (Phi) is 5.15. The van der Waals surface area contributed by atoms with Gasteiger partial charge >= 0.3 is 0 Å². The zero-order chi connectivity index (χ0) is 15.1. The maximum absolute atomic E-state index is 10.9. The van der Waals surface area contributed by atoms with E-state index in [4.69, 9.17) is 0 Å². The monoisotopic (exact) mass is 285 g/mol. The van der Waals surface area contributed by atoms with Gasteiger partial charge in [-0.05, 0) is 30.2 Å². The van der Waals surface area contributed by atoms with Crippen molar-refractivity contribution in [3.05, 3.63) is 64.2 Å². The fraction of sp³-hybridized carbons (Fsp3) is 0.250. The second-order valence-electron chi connectivity index (χ2n) is 4.75. The van der Waals surface area contributed by atoms with Crippen molar-refractivity contribution in [3.63, 3.8) is 0 Å². The fourth-order valence-electron chi connectivity index (χ4n) is 1.99. The highest BCUT2D eigenvalue weighted by Crippen LogP contribution is 2.23. The lowest BCUT2D eigenvalue weighted by molar-refractivity contribution is -0.384. The summed E-state index contributed by atoms with van der Waals surface area (Å²) in [6.45, 7) is 3.63. The molecule has 110 valence electrons. The molecule has 0 aromatic heterocycles. The highest BCUT2D eigenvalue weighted by molar-refractivity contribution is 5.61. The predicted molar refractivity (Wildman–Crippen MR) is 85.6 cm³/mol. The summed E-state index contributed by atoms with van der Waals surface area (Å²) in [6, 6.07) is 14.7. The van der Waals surface area contributed by atoms with Gasteiger partial charge in [-0.3, -0.25) is 10.1 Å². The second kappa shape index (κ2) is 7.28. The lowest BCUT2D eigenvalue weighted by atomic mass is 10.2. The van der Waals surface area contributed by atoms with E-state index in [-0.39, 0.29) is 10.6 Å². The van der Waals surface area contributed by atoms with Crippen LogP contribution in [0.2, 0.25) is 0 Å². The van der Waals surface area contributed by atoms with Crippen LogP contribution < -0.4 is 10.6 Å². The molecule has 0 heterocycles. The second-order valence-corrected chi connectivity index (χ2v) is 4.75. The minimum atomic E-state index is -0.375. The first-order valence-electron chi connectivity index (χ1n) is 7.01. The van der Waals surface area contributed by atoms with E-state index in [1.165, 1.54) is 6.07 Å². The number of nitrogens with zero attached hydrogens (tertiary/aromatic N) is 1. The molecule has 0 bridgehead atoms. The number of hydrogen-bond acceptors (Lipinski definition) is 4. The van der Waals surface area contributed by atoms with Crippen molar-refractivity contribution in [3.8, 4) is 0 Å². The summed E-state index contributed by atoms with van der Waals surface area (Å²) in [4.78, 5) is 10.6. The van der Waals surface area contributed by atoms with E-state index in [9.17, 15) is 10.1 Å². The van der Waals surface area contributed by atoms with Crippen molar-refractivity contribution in [1.82, 2.24) is 0 Å². The Bertz CT molecular complexity index is 597. The molecule has 0 atom stereocenters. The quantitative estimate of drug-likeness (QED) is 0.595. The molecule has 0 spiro atoms. The fourth-order valence-corrected chi connectivity index (χ4v) is 1.99. The molecule has 0 radical (unpaired) electrons. The Morgan fingerprint density at radius 2 is 1.76 bits per heavy atom. The summed E-state index contributed by atoms with van der Waals surface area (Å²) < 4.78 is 0. The normalized spacial score (nSPS) is 10.1. The van der Waals surface area contributed by atoms with Crippen molar-refractivity contribution in [2.45, 2.75) is 19.9 Å². The van der Waals surface area contributed by atoms with Crippen molar-refractivity contribution in [2.75, 3.05) is 17.2 Å². The SMILES string of the molecule is CCCNc1ccc(CNc2ccccc2[N+](=O)[O-])cc1. The van der Waals surface area contributed by atoms with E-state index in [1.807, 2.05) is 24.3 Å². The van der Waals surface area contributed by atoms with Crippen molar-refractivity contribution >= 4 is 17.1 Å². The smallest absolute Gasteiger partial charge is 0.292 e. The van der Waals surface area contributed by atoms with Gasteiger partial charge in [-0.25, -0.2) is 0 Å².